The van der Waals surface area contributed by atoms with E-state index in [4.69, 9.17) is 4.98 Å². The van der Waals surface area contributed by atoms with Crippen molar-refractivity contribution >= 4 is 22.8 Å². The summed E-state index contributed by atoms with van der Waals surface area (Å²) in [4.78, 5) is 20.0. The van der Waals surface area contributed by atoms with Crippen LogP contribution in [0.25, 0.3) is 11.0 Å². The van der Waals surface area contributed by atoms with Crippen LogP contribution in [0.1, 0.15) is 71.7 Å². The number of hydrogen-bond donors (Lipinski definition) is 0. The zero-order chi connectivity index (χ0) is 21.5. The van der Waals surface area contributed by atoms with Gasteiger partial charge in [0.15, 0.2) is 11.7 Å². The summed E-state index contributed by atoms with van der Waals surface area (Å²) in [5.74, 6) is 0.502. The average molecular weight is 430 g/mol. The van der Waals surface area contributed by atoms with Crippen molar-refractivity contribution in [3.8, 4) is 0 Å². The lowest BCUT2D eigenvalue weighted by molar-refractivity contribution is -0.172. The number of hydrogen-bond acceptors (Lipinski definition) is 4. The third-order valence-electron chi connectivity index (χ3n) is 6.50. The first-order valence-electron chi connectivity index (χ1n) is 10.6. The van der Waals surface area contributed by atoms with Gasteiger partial charge in [0, 0.05) is 37.2 Å². The molecule has 6 rings (SSSR count). The molecular formula is C21H21F3N6O. The minimum Gasteiger partial charge on any atom is -0.293 e. The van der Waals surface area contributed by atoms with Crippen molar-refractivity contribution in [3.05, 3.63) is 35.3 Å². The Bertz CT molecular complexity index is 1200. The van der Waals surface area contributed by atoms with Crippen LogP contribution in [0, 0.1) is 0 Å². The van der Waals surface area contributed by atoms with E-state index in [1.165, 1.54) is 17.2 Å². The summed E-state index contributed by atoms with van der Waals surface area (Å²) in [5.41, 5.74) is 2.89. The van der Waals surface area contributed by atoms with Crippen molar-refractivity contribution < 1.29 is 18.0 Å². The quantitative estimate of drug-likeness (QED) is 0.628. The van der Waals surface area contributed by atoms with Gasteiger partial charge >= 0.3 is 6.18 Å². The zero-order valence-electron chi connectivity index (χ0n) is 16.9. The number of halogens is 3. The van der Waals surface area contributed by atoms with E-state index in [1.807, 2.05) is 13.1 Å². The number of alkyl halides is 3. The van der Waals surface area contributed by atoms with Gasteiger partial charge in [-0.25, -0.2) is 9.67 Å². The first-order valence-corrected chi connectivity index (χ1v) is 10.6. The first kappa shape index (κ1) is 18.8. The van der Waals surface area contributed by atoms with Crippen molar-refractivity contribution in [2.24, 2.45) is 7.05 Å². The van der Waals surface area contributed by atoms with Gasteiger partial charge in [0.25, 0.3) is 5.91 Å². The predicted octanol–water partition coefficient (Wildman–Crippen LogP) is 4.07. The van der Waals surface area contributed by atoms with Gasteiger partial charge in [0.05, 0.1) is 22.8 Å². The normalized spacial score (nSPS) is 21.5. The highest BCUT2D eigenvalue weighted by Gasteiger charge is 2.46. The topological polar surface area (TPSA) is 68.8 Å². The Morgan fingerprint density at radius 1 is 1.13 bits per heavy atom. The molecule has 2 fully saturated rings. The molecule has 0 saturated heterocycles. The van der Waals surface area contributed by atoms with E-state index in [-0.39, 0.29) is 24.7 Å². The minimum atomic E-state index is -4.42. The monoisotopic (exact) mass is 430 g/mol. The minimum absolute atomic E-state index is 0.0176. The van der Waals surface area contributed by atoms with Crippen molar-refractivity contribution in [1.29, 1.82) is 0 Å². The van der Waals surface area contributed by atoms with Gasteiger partial charge in [0.2, 0.25) is 0 Å². The van der Waals surface area contributed by atoms with Gasteiger partial charge in [-0.05, 0) is 38.2 Å². The number of nitrogens with zero attached hydrogens (tertiary/aromatic N) is 6. The summed E-state index contributed by atoms with van der Waals surface area (Å²) in [6.45, 7) is -0.0176. The highest BCUT2D eigenvalue weighted by molar-refractivity contribution is 6.14. The molecule has 2 aliphatic carbocycles. The summed E-state index contributed by atoms with van der Waals surface area (Å²) < 4.78 is 43.1. The Labute approximate surface area is 175 Å². The number of pyridine rings is 1. The third-order valence-corrected chi connectivity index (χ3v) is 6.50. The molecule has 3 aliphatic rings. The molecule has 1 atom stereocenters. The molecule has 1 amide bonds. The lowest BCUT2D eigenvalue weighted by atomic mass is 10.0. The number of carbonyl (C=O) groups is 1. The van der Waals surface area contributed by atoms with Crippen LogP contribution < -0.4 is 4.90 Å². The molecule has 0 N–H and O–H groups in total. The van der Waals surface area contributed by atoms with Crippen LogP contribution in [0.5, 0.6) is 0 Å². The van der Waals surface area contributed by atoms with Crippen molar-refractivity contribution in [3.63, 3.8) is 0 Å². The third kappa shape index (κ3) is 2.95. The lowest BCUT2D eigenvalue weighted by Gasteiger charge is -2.34. The fourth-order valence-corrected chi connectivity index (χ4v) is 4.60. The van der Waals surface area contributed by atoms with Crippen LogP contribution in [0.3, 0.4) is 0 Å². The fourth-order valence-electron chi connectivity index (χ4n) is 4.60. The number of fused-ring (bicyclic) bond motifs is 2. The second-order valence-corrected chi connectivity index (χ2v) is 8.79. The average Bonchev–Trinajstić information content (AvgIpc) is 3.66. The van der Waals surface area contributed by atoms with Crippen LogP contribution >= 0.6 is 0 Å². The van der Waals surface area contributed by atoms with E-state index in [0.717, 1.165) is 47.1 Å². The summed E-state index contributed by atoms with van der Waals surface area (Å²) in [7, 11) is 1.83. The lowest BCUT2D eigenvalue weighted by Crippen LogP contribution is -2.43. The molecule has 10 heteroatoms. The van der Waals surface area contributed by atoms with Crippen LogP contribution in [-0.4, -0.2) is 43.2 Å². The SMILES string of the molecule is Cn1nc(C2CC2)c2c(C(=O)N3CC[C@H](C(F)(F)F)n4nccc43)cc(C3CC3)nc21. The molecule has 0 radical (unpaired) electrons. The maximum absolute atomic E-state index is 13.8. The van der Waals surface area contributed by atoms with Crippen molar-refractivity contribution in [2.45, 2.75) is 56.2 Å². The maximum Gasteiger partial charge on any atom is 0.410 e. The molecule has 0 spiro atoms. The molecule has 2 saturated carbocycles. The van der Waals surface area contributed by atoms with Gasteiger partial charge in [-0.15, -0.1) is 0 Å². The molecule has 0 aromatic carbocycles. The molecule has 4 heterocycles. The van der Waals surface area contributed by atoms with Gasteiger partial charge < -0.3 is 0 Å². The Kier molecular flexibility index (Phi) is 3.83. The molecule has 3 aromatic rings. The molecule has 0 unspecified atom stereocenters. The first-order chi connectivity index (χ1) is 14.8. The molecule has 3 aromatic heterocycles. The Hall–Kier alpha value is -2.91. The number of aryl methyl sites for hydroxylation is 1. The molecule has 7 nitrogen and oxygen atoms in total. The van der Waals surface area contributed by atoms with E-state index in [1.54, 1.807) is 4.68 Å². The van der Waals surface area contributed by atoms with Crippen molar-refractivity contribution in [2.75, 3.05) is 11.4 Å². The van der Waals surface area contributed by atoms with E-state index < -0.39 is 12.2 Å². The molecule has 31 heavy (non-hydrogen) atoms. The fraction of sp³-hybridized carbons (Fsp3) is 0.524. The number of anilines is 1. The van der Waals surface area contributed by atoms with Gasteiger partial charge in [-0.3, -0.25) is 14.4 Å². The van der Waals surface area contributed by atoms with Crippen LogP contribution in [0.2, 0.25) is 0 Å². The Morgan fingerprint density at radius 3 is 2.55 bits per heavy atom. The highest BCUT2D eigenvalue weighted by atomic mass is 19.4. The van der Waals surface area contributed by atoms with E-state index in [2.05, 4.69) is 10.2 Å². The summed E-state index contributed by atoms with van der Waals surface area (Å²) >= 11 is 0. The smallest absolute Gasteiger partial charge is 0.293 e. The number of amides is 1. The molecule has 1 aliphatic heterocycles. The summed E-state index contributed by atoms with van der Waals surface area (Å²) in [5, 5.41) is 9.28. The molecular weight excluding hydrogens is 409 g/mol. The molecule has 0 bridgehead atoms. The van der Waals surface area contributed by atoms with E-state index in [9.17, 15) is 18.0 Å². The standard InChI is InChI=1S/C21H21F3N6O/c1-28-19-17(18(27-28)12-4-5-12)13(10-14(26-19)11-2-3-11)20(31)29-9-7-15(21(22,23)24)30-16(29)6-8-25-30/h6,8,10-12,15H,2-5,7,9H2,1H3/t15-/m1/s1. The van der Waals surface area contributed by atoms with Crippen LogP contribution in [0.15, 0.2) is 18.3 Å². The van der Waals surface area contributed by atoms with E-state index in [0.29, 0.717) is 23.0 Å². The van der Waals surface area contributed by atoms with Crippen LogP contribution in [0.4, 0.5) is 19.0 Å². The number of aromatic nitrogens is 5. The second kappa shape index (κ2) is 6.30. The largest absolute Gasteiger partial charge is 0.410 e. The van der Waals surface area contributed by atoms with Crippen LogP contribution in [-0.2, 0) is 7.05 Å². The van der Waals surface area contributed by atoms with Gasteiger partial charge in [0.1, 0.15) is 5.82 Å². The predicted molar refractivity (Wildman–Crippen MR) is 106 cm³/mol. The highest BCUT2D eigenvalue weighted by Crippen LogP contribution is 2.46. The number of carbonyl (C=O) groups excluding carboxylic acids is 1. The second-order valence-electron chi connectivity index (χ2n) is 8.79. The Morgan fingerprint density at radius 2 is 1.87 bits per heavy atom. The number of rotatable bonds is 3. The van der Waals surface area contributed by atoms with Gasteiger partial charge in [-0.1, -0.05) is 0 Å². The van der Waals surface area contributed by atoms with Crippen molar-refractivity contribution in [1.82, 2.24) is 24.5 Å². The van der Waals surface area contributed by atoms with Gasteiger partial charge in [-0.2, -0.15) is 23.4 Å². The Balaban J connectivity index is 1.48. The van der Waals surface area contributed by atoms with E-state index >= 15 is 0 Å². The summed E-state index contributed by atoms with van der Waals surface area (Å²) in [6.07, 6.45) is 0.781. The zero-order valence-corrected chi connectivity index (χ0v) is 16.9. The summed E-state index contributed by atoms with van der Waals surface area (Å²) in [6, 6.07) is 1.59. The maximum atomic E-state index is 13.8. The molecule has 162 valence electrons.